The molecule has 0 aromatic heterocycles. The standard InChI is InChI=1S/C17H19BrN2O3/c1-22-15-6-8-16(9-7-15)23-11-10-19-17(21)12-20-14-4-2-13(18)3-5-14/h2-9,20H,10-12H2,1H3,(H,19,21). The zero-order chi connectivity index (χ0) is 16.5. The summed E-state index contributed by atoms with van der Waals surface area (Å²) in [6.07, 6.45) is 0. The Kier molecular flexibility index (Phi) is 6.75. The van der Waals surface area contributed by atoms with Crippen molar-refractivity contribution in [1.82, 2.24) is 5.32 Å². The van der Waals surface area contributed by atoms with E-state index >= 15 is 0 Å². The molecule has 2 N–H and O–H groups in total. The van der Waals surface area contributed by atoms with E-state index in [0.29, 0.717) is 13.2 Å². The normalized spacial score (nSPS) is 10.0. The van der Waals surface area contributed by atoms with E-state index in [1.807, 2.05) is 48.5 Å². The van der Waals surface area contributed by atoms with Gasteiger partial charge in [0.1, 0.15) is 18.1 Å². The van der Waals surface area contributed by atoms with Crippen LogP contribution in [0.5, 0.6) is 11.5 Å². The van der Waals surface area contributed by atoms with Gasteiger partial charge in [0.15, 0.2) is 0 Å². The summed E-state index contributed by atoms with van der Waals surface area (Å²) in [7, 11) is 1.62. The van der Waals surface area contributed by atoms with Crippen molar-refractivity contribution in [2.75, 3.05) is 32.1 Å². The van der Waals surface area contributed by atoms with Gasteiger partial charge >= 0.3 is 0 Å². The van der Waals surface area contributed by atoms with E-state index < -0.39 is 0 Å². The SMILES string of the molecule is COc1ccc(OCCNC(=O)CNc2ccc(Br)cc2)cc1. The van der Waals surface area contributed by atoms with Crippen molar-refractivity contribution in [2.45, 2.75) is 0 Å². The maximum Gasteiger partial charge on any atom is 0.239 e. The number of anilines is 1. The molecule has 0 aliphatic rings. The number of hydrogen-bond acceptors (Lipinski definition) is 4. The number of amides is 1. The third-order valence-electron chi connectivity index (χ3n) is 3.05. The Morgan fingerprint density at radius 3 is 2.35 bits per heavy atom. The van der Waals surface area contributed by atoms with E-state index in [9.17, 15) is 4.79 Å². The van der Waals surface area contributed by atoms with Crippen molar-refractivity contribution in [1.29, 1.82) is 0 Å². The summed E-state index contributed by atoms with van der Waals surface area (Å²) >= 11 is 3.37. The van der Waals surface area contributed by atoms with Crippen LogP contribution in [0.25, 0.3) is 0 Å². The van der Waals surface area contributed by atoms with Crippen LogP contribution in [0.3, 0.4) is 0 Å². The van der Waals surface area contributed by atoms with Gasteiger partial charge in [0.25, 0.3) is 0 Å². The summed E-state index contributed by atoms with van der Waals surface area (Å²) in [5.41, 5.74) is 0.901. The van der Waals surface area contributed by atoms with Gasteiger partial charge in [-0.1, -0.05) is 15.9 Å². The van der Waals surface area contributed by atoms with Crippen LogP contribution in [-0.4, -0.2) is 32.7 Å². The number of methoxy groups -OCH3 is 1. The minimum atomic E-state index is -0.0775. The summed E-state index contributed by atoms with van der Waals surface area (Å²) in [6.45, 7) is 1.09. The molecule has 0 atom stereocenters. The van der Waals surface area contributed by atoms with E-state index in [2.05, 4.69) is 26.6 Å². The van der Waals surface area contributed by atoms with Crippen LogP contribution in [0.15, 0.2) is 53.0 Å². The first kappa shape index (κ1) is 17.1. The lowest BCUT2D eigenvalue weighted by Crippen LogP contribution is -2.32. The van der Waals surface area contributed by atoms with Crippen LogP contribution in [0, 0.1) is 0 Å². The van der Waals surface area contributed by atoms with Crippen LogP contribution in [0.1, 0.15) is 0 Å². The predicted molar refractivity (Wildman–Crippen MR) is 94.1 cm³/mol. The monoisotopic (exact) mass is 378 g/mol. The second-order valence-corrected chi connectivity index (χ2v) is 5.65. The fourth-order valence-corrected chi connectivity index (χ4v) is 2.11. The molecule has 0 heterocycles. The number of carbonyl (C=O) groups is 1. The maximum atomic E-state index is 11.7. The molecule has 0 aliphatic carbocycles. The minimum Gasteiger partial charge on any atom is -0.497 e. The fraction of sp³-hybridized carbons (Fsp3) is 0.235. The molecule has 0 unspecified atom stereocenters. The highest BCUT2D eigenvalue weighted by molar-refractivity contribution is 9.10. The average molecular weight is 379 g/mol. The fourth-order valence-electron chi connectivity index (χ4n) is 1.84. The molecular formula is C17H19BrN2O3. The summed E-state index contributed by atoms with van der Waals surface area (Å²) in [6, 6.07) is 15.0. The first-order valence-electron chi connectivity index (χ1n) is 7.20. The van der Waals surface area contributed by atoms with E-state index in [0.717, 1.165) is 21.7 Å². The number of rotatable bonds is 8. The first-order valence-corrected chi connectivity index (χ1v) is 7.99. The lowest BCUT2D eigenvalue weighted by atomic mass is 10.3. The zero-order valence-electron chi connectivity index (χ0n) is 12.8. The average Bonchev–Trinajstić information content (AvgIpc) is 2.59. The number of carbonyl (C=O) groups excluding carboxylic acids is 1. The molecular weight excluding hydrogens is 360 g/mol. The van der Waals surface area contributed by atoms with E-state index in [1.54, 1.807) is 7.11 Å². The quantitative estimate of drug-likeness (QED) is 0.693. The maximum absolute atomic E-state index is 11.7. The Hall–Kier alpha value is -2.21. The molecule has 0 aliphatic heterocycles. The highest BCUT2D eigenvalue weighted by atomic mass is 79.9. The van der Waals surface area contributed by atoms with Crippen molar-refractivity contribution >= 4 is 27.5 Å². The third kappa shape index (κ3) is 6.20. The second kappa shape index (κ2) is 9.05. The largest absolute Gasteiger partial charge is 0.497 e. The molecule has 0 saturated heterocycles. The van der Waals surface area contributed by atoms with Crippen LogP contribution in [-0.2, 0) is 4.79 Å². The van der Waals surface area contributed by atoms with Gasteiger partial charge < -0.3 is 20.1 Å². The molecule has 0 radical (unpaired) electrons. The van der Waals surface area contributed by atoms with Crippen molar-refractivity contribution in [3.63, 3.8) is 0 Å². The van der Waals surface area contributed by atoms with E-state index in [-0.39, 0.29) is 12.5 Å². The van der Waals surface area contributed by atoms with Gasteiger partial charge in [0, 0.05) is 10.2 Å². The molecule has 122 valence electrons. The van der Waals surface area contributed by atoms with Gasteiger partial charge in [0.05, 0.1) is 20.2 Å². The van der Waals surface area contributed by atoms with Crippen LogP contribution in [0.2, 0.25) is 0 Å². The van der Waals surface area contributed by atoms with Gasteiger partial charge in [-0.05, 0) is 48.5 Å². The molecule has 23 heavy (non-hydrogen) atoms. The molecule has 6 heteroatoms. The lowest BCUT2D eigenvalue weighted by Gasteiger charge is -2.09. The van der Waals surface area contributed by atoms with Crippen LogP contribution >= 0.6 is 15.9 Å². The summed E-state index contributed by atoms with van der Waals surface area (Å²) in [4.78, 5) is 11.7. The predicted octanol–water partition coefficient (Wildman–Crippen LogP) is 3.06. The molecule has 5 nitrogen and oxygen atoms in total. The highest BCUT2D eigenvalue weighted by Gasteiger charge is 2.01. The van der Waals surface area contributed by atoms with Gasteiger partial charge in [-0.15, -0.1) is 0 Å². The Morgan fingerprint density at radius 1 is 1.04 bits per heavy atom. The van der Waals surface area contributed by atoms with Crippen molar-refractivity contribution in [3.05, 3.63) is 53.0 Å². The zero-order valence-corrected chi connectivity index (χ0v) is 14.4. The number of halogens is 1. The van der Waals surface area contributed by atoms with Gasteiger partial charge in [-0.3, -0.25) is 4.79 Å². The first-order chi connectivity index (χ1) is 11.2. The Bertz CT molecular complexity index is 615. The Morgan fingerprint density at radius 2 is 1.70 bits per heavy atom. The van der Waals surface area contributed by atoms with E-state index in [1.165, 1.54) is 0 Å². The van der Waals surface area contributed by atoms with Crippen LogP contribution in [0.4, 0.5) is 5.69 Å². The van der Waals surface area contributed by atoms with Gasteiger partial charge in [-0.2, -0.15) is 0 Å². The minimum absolute atomic E-state index is 0.0775. The summed E-state index contributed by atoms with van der Waals surface area (Å²) in [5, 5.41) is 5.85. The number of nitrogens with one attached hydrogen (secondary N) is 2. The van der Waals surface area contributed by atoms with Crippen molar-refractivity contribution in [2.24, 2.45) is 0 Å². The molecule has 1 amide bonds. The van der Waals surface area contributed by atoms with Crippen molar-refractivity contribution in [3.8, 4) is 11.5 Å². The number of ether oxygens (including phenoxy) is 2. The molecule has 0 bridgehead atoms. The van der Waals surface area contributed by atoms with Crippen molar-refractivity contribution < 1.29 is 14.3 Å². The molecule has 2 rings (SSSR count). The van der Waals surface area contributed by atoms with Crippen LogP contribution < -0.4 is 20.1 Å². The third-order valence-corrected chi connectivity index (χ3v) is 3.58. The van der Waals surface area contributed by atoms with Gasteiger partial charge in [-0.25, -0.2) is 0 Å². The molecule has 2 aromatic carbocycles. The molecule has 2 aromatic rings. The molecule has 0 fully saturated rings. The topological polar surface area (TPSA) is 59.6 Å². The van der Waals surface area contributed by atoms with E-state index in [4.69, 9.17) is 9.47 Å². The Balaban J connectivity index is 1.61. The second-order valence-electron chi connectivity index (χ2n) is 4.73. The number of hydrogen-bond donors (Lipinski definition) is 2. The Labute approximate surface area is 144 Å². The molecule has 0 saturated carbocycles. The smallest absolute Gasteiger partial charge is 0.239 e. The number of benzene rings is 2. The molecule has 0 spiro atoms. The summed E-state index contributed by atoms with van der Waals surface area (Å²) in [5.74, 6) is 1.45. The van der Waals surface area contributed by atoms with Gasteiger partial charge in [0.2, 0.25) is 5.91 Å². The lowest BCUT2D eigenvalue weighted by molar-refractivity contribution is -0.119. The summed E-state index contributed by atoms with van der Waals surface area (Å²) < 4.78 is 11.6. The highest BCUT2D eigenvalue weighted by Crippen LogP contribution is 2.16.